The first-order valence-electron chi connectivity index (χ1n) is 6.35. The molecule has 0 fully saturated rings. The second-order valence-electron chi connectivity index (χ2n) is 4.67. The largest absolute Gasteiger partial charge is 0.306 e. The van der Waals surface area contributed by atoms with Gasteiger partial charge in [0.25, 0.3) is 5.56 Å². The van der Waals surface area contributed by atoms with Crippen LogP contribution in [0.15, 0.2) is 53.5 Å². The number of rotatable bonds is 1. The van der Waals surface area contributed by atoms with Crippen LogP contribution >= 0.6 is 0 Å². The zero-order valence-electron chi connectivity index (χ0n) is 10.7. The number of para-hydroxylation sites is 1. The number of hydrogen-bond donors (Lipinski definition) is 1. The minimum Gasteiger partial charge on any atom is -0.306 e. The van der Waals surface area contributed by atoms with Gasteiger partial charge in [0.15, 0.2) is 0 Å². The van der Waals surface area contributed by atoms with E-state index in [4.69, 9.17) is 0 Å². The van der Waals surface area contributed by atoms with Crippen LogP contribution in [0.4, 0.5) is 4.39 Å². The molecule has 0 bridgehead atoms. The molecule has 0 amide bonds. The molecule has 5 nitrogen and oxygen atoms in total. The molecular weight excluding hydrogens is 271 g/mol. The first kappa shape index (κ1) is 11.8. The molecule has 102 valence electrons. The van der Waals surface area contributed by atoms with Crippen LogP contribution in [0.2, 0.25) is 0 Å². The van der Waals surface area contributed by atoms with Crippen LogP contribution in [0.3, 0.4) is 0 Å². The third-order valence-corrected chi connectivity index (χ3v) is 3.35. The third-order valence-electron chi connectivity index (χ3n) is 3.35. The molecule has 1 aromatic carbocycles. The van der Waals surface area contributed by atoms with Crippen molar-refractivity contribution in [1.82, 2.24) is 19.6 Å². The number of benzene rings is 1. The van der Waals surface area contributed by atoms with Crippen LogP contribution in [0.25, 0.3) is 27.8 Å². The predicted octanol–water partition coefficient (Wildman–Crippen LogP) is 2.38. The molecule has 0 unspecified atom stereocenters. The Hall–Kier alpha value is -3.02. The normalized spacial score (nSPS) is 11.3. The number of pyridine rings is 1. The first-order valence-corrected chi connectivity index (χ1v) is 6.35. The van der Waals surface area contributed by atoms with Crippen molar-refractivity contribution in [3.05, 3.63) is 65.0 Å². The molecule has 3 aromatic heterocycles. The molecule has 0 aliphatic heterocycles. The van der Waals surface area contributed by atoms with E-state index in [1.165, 1.54) is 12.3 Å². The van der Waals surface area contributed by atoms with Crippen LogP contribution in [0, 0.1) is 5.95 Å². The second kappa shape index (κ2) is 4.24. The number of aromatic amines is 1. The third kappa shape index (κ3) is 1.80. The topological polar surface area (TPSA) is 63.0 Å². The number of nitrogens with zero attached hydrogens (tertiary/aromatic N) is 3. The number of aromatic nitrogens is 4. The minimum absolute atomic E-state index is 0.176. The summed E-state index contributed by atoms with van der Waals surface area (Å²) in [6.07, 6.45) is 1.38. The summed E-state index contributed by atoms with van der Waals surface area (Å²) >= 11 is 0. The summed E-state index contributed by atoms with van der Waals surface area (Å²) in [6, 6.07) is 11.9. The summed E-state index contributed by atoms with van der Waals surface area (Å²) in [4.78, 5) is 18.3. The molecule has 0 saturated heterocycles. The van der Waals surface area contributed by atoms with Crippen LogP contribution in [0.5, 0.6) is 0 Å². The summed E-state index contributed by atoms with van der Waals surface area (Å²) in [5.74, 6) is -0.567. The smallest absolute Gasteiger partial charge is 0.259 e. The maximum Gasteiger partial charge on any atom is 0.259 e. The van der Waals surface area contributed by atoms with Gasteiger partial charge in [-0.3, -0.25) is 4.79 Å². The van der Waals surface area contributed by atoms with Gasteiger partial charge in [0.05, 0.1) is 16.6 Å². The van der Waals surface area contributed by atoms with E-state index in [2.05, 4.69) is 15.1 Å². The summed E-state index contributed by atoms with van der Waals surface area (Å²) in [6.45, 7) is 0. The van der Waals surface area contributed by atoms with Crippen molar-refractivity contribution in [3.63, 3.8) is 0 Å². The number of H-pyrrole nitrogens is 1. The summed E-state index contributed by atoms with van der Waals surface area (Å²) in [7, 11) is 0. The van der Waals surface area contributed by atoms with Crippen molar-refractivity contribution in [2.24, 2.45) is 0 Å². The van der Waals surface area contributed by atoms with Crippen molar-refractivity contribution < 1.29 is 4.39 Å². The Morgan fingerprint density at radius 3 is 2.86 bits per heavy atom. The highest BCUT2D eigenvalue weighted by Crippen LogP contribution is 2.20. The fraction of sp³-hybridized carbons (Fsp3) is 0. The first-order chi connectivity index (χ1) is 10.2. The quantitative estimate of drug-likeness (QED) is 0.544. The van der Waals surface area contributed by atoms with Gasteiger partial charge in [-0.05, 0) is 18.2 Å². The van der Waals surface area contributed by atoms with Crippen molar-refractivity contribution >= 4 is 16.6 Å². The Morgan fingerprint density at radius 2 is 2.00 bits per heavy atom. The van der Waals surface area contributed by atoms with E-state index in [9.17, 15) is 9.18 Å². The minimum atomic E-state index is -0.567. The maximum atomic E-state index is 13.2. The number of nitrogens with one attached hydrogen (secondary N) is 1. The molecule has 1 N–H and O–H groups in total. The summed E-state index contributed by atoms with van der Waals surface area (Å²) in [5.41, 5.74) is 2.27. The molecule has 0 radical (unpaired) electrons. The van der Waals surface area contributed by atoms with Crippen LogP contribution in [0.1, 0.15) is 0 Å². The zero-order valence-corrected chi connectivity index (χ0v) is 10.7. The number of halogens is 1. The molecule has 21 heavy (non-hydrogen) atoms. The number of hydrogen-bond acceptors (Lipinski definition) is 3. The van der Waals surface area contributed by atoms with E-state index < -0.39 is 5.95 Å². The lowest BCUT2D eigenvalue weighted by Crippen LogP contribution is -2.09. The van der Waals surface area contributed by atoms with Gasteiger partial charge >= 0.3 is 0 Å². The van der Waals surface area contributed by atoms with E-state index in [0.29, 0.717) is 27.8 Å². The Labute approximate surface area is 117 Å². The average molecular weight is 280 g/mol. The van der Waals surface area contributed by atoms with E-state index >= 15 is 0 Å². The Balaban J connectivity index is 2.07. The van der Waals surface area contributed by atoms with Gasteiger partial charge in [-0.2, -0.15) is 9.49 Å². The molecule has 4 aromatic rings. The molecule has 0 aliphatic rings. The van der Waals surface area contributed by atoms with E-state index in [0.717, 1.165) is 0 Å². The predicted molar refractivity (Wildman–Crippen MR) is 76.5 cm³/mol. The van der Waals surface area contributed by atoms with Crippen molar-refractivity contribution in [1.29, 1.82) is 0 Å². The van der Waals surface area contributed by atoms with Crippen LogP contribution in [-0.2, 0) is 0 Å². The summed E-state index contributed by atoms with van der Waals surface area (Å²) in [5, 5.41) is 5.00. The van der Waals surface area contributed by atoms with Gasteiger partial charge < -0.3 is 4.98 Å². The monoisotopic (exact) mass is 280 g/mol. The van der Waals surface area contributed by atoms with Crippen molar-refractivity contribution in [2.75, 3.05) is 0 Å². The Kier molecular flexibility index (Phi) is 2.38. The molecule has 6 heteroatoms. The average Bonchev–Trinajstić information content (AvgIpc) is 2.92. The van der Waals surface area contributed by atoms with E-state index in [1.54, 1.807) is 28.8 Å². The highest BCUT2D eigenvalue weighted by molar-refractivity contribution is 5.81. The standard InChI is InChI=1S/C15H9FN4O/c16-13-7-9(5-6-17-13)11-8-14-18-15(21)10-3-1-2-4-12(10)20(14)19-11/h1-8H,(H,18,21). The zero-order chi connectivity index (χ0) is 14.4. The van der Waals surface area contributed by atoms with E-state index in [1.807, 2.05) is 12.1 Å². The fourth-order valence-corrected chi connectivity index (χ4v) is 2.39. The van der Waals surface area contributed by atoms with E-state index in [-0.39, 0.29) is 5.56 Å². The Morgan fingerprint density at radius 1 is 1.14 bits per heavy atom. The lowest BCUT2D eigenvalue weighted by molar-refractivity contribution is 0.584. The van der Waals surface area contributed by atoms with Gasteiger partial charge in [0.1, 0.15) is 5.65 Å². The molecule has 0 atom stereocenters. The molecule has 4 rings (SSSR count). The van der Waals surface area contributed by atoms with Crippen molar-refractivity contribution in [3.8, 4) is 11.3 Å². The van der Waals surface area contributed by atoms with Gasteiger partial charge in [-0.1, -0.05) is 12.1 Å². The van der Waals surface area contributed by atoms with Gasteiger partial charge in [0.2, 0.25) is 5.95 Å². The lowest BCUT2D eigenvalue weighted by Gasteiger charge is -1.99. The van der Waals surface area contributed by atoms with Crippen LogP contribution in [-0.4, -0.2) is 19.6 Å². The van der Waals surface area contributed by atoms with Gasteiger partial charge in [0, 0.05) is 23.9 Å². The maximum absolute atomic E-state index is 13.2. The molecule has 0 spiro atoms. The SMILES string of the molecule is O=c1[nH]c2cc(-c3ccnc(F)c3)nn2c2ccccc12. The highest BCUT2D eigenvalue weighted by Gasteiger charge is 2.10. The van der Waals surface area contributed by atoms with Crippen molar-refractivity contribution in [2.45, 2.75) is 0 Å². The summed E-state index contributed by atoms with van der Waals surface area (Å²) < 4.78 is 14.9. The Bertz CT molecular complexity index is 1030. The highest BCUT2D eigenvalue weighted by atomic mass is 19.1. The molecule has 0 saturated carbocycles. The second-order valence-corrected chi connectivity index (χ2v) is 4.67. The van der Waals surface area contributed by atoms with Gasteiger partial charge in [-0.15, -0.1) is 0 Å². The van der Waals surface area contributed by atoms with Crippen LogP contribution < -0.4 is 5.56 Å². The lowest BCUT2D eigenvalue weighted by atomic mass is 10.2. The molecule has 3 heterocycles. The fourth-order valence-electron chi connectivity index (χ4n) is 2.39. The van der Waals surface area contributed by atoms with Gasteiger partial charge in [-0.25, -0.2) is 9.50 Å². The molecular formula is C15H9FN4O. The number of fused-ring (bicyclic) bond motifs is 3. The molecule has 0 aliphatic carbocycles.